The number of hydrogen-bond acceptors (Lipinski definition) is 5. The molecule has 0 fully saturated rings. The predicted molar refractivity (Wildman–Crippen MR) is 110 cm³/mol. The molecule has 0 atom stereocenters. The Hall–Kier alpha value is -3.41. The summed E-state index contributed by atoms with van der Waals surface area (Å²) < 4.78 is 5.23. The van der Waals surface area contributed by atoms with Crippen molar-refractivity contribution in [1.29, 1.82) is 0 Å². The fourth-order valence-corrected chi connectivity index (χ4v) is 2.83. The van der Waals surface area contributed by atoms with Crippen molar-refractivity contribution >= 4 is 17.5 Å². The quantitative estimate of drug-likeness (QED) is 0.683. The normalized spacial score (nSPS) is 10.4. The topological polar surface area (TPSA) is 67.3 Å². The van der Waals surface area contributed by atoms with E-state index >= 15 is 0 Å². The van der Waals surface area contributed by atoms with Gasteiger partial charge in [0.2, 0.25) is 5.95 Å². The zero-order chi connectivity index (χ0) is 19.9. The van der Waals surface area contributed by atoms with Gasteiger partial charge in [-0.1, -0.05) is 30.3 Å². The number of nitrogens with zero attached hydrogens (tertiary/aromatic N) is 3. The molecule has 6 heteroatoms. The summed E-state index contributed by atoms with van der Waals surface area (Å²) in [5, 5.41) is 2.93. The van der Waals surface area contributed by atoms with Gasteiger partial charge in [0, 0.05) is 25.0 Å². The molecule has 144 valence electrons. The van der Waals surface area contributed by atoms with Gasteiger partial charge in [-0.25, -0.2) is 9.97 Å². The van der Waals surface area contributed by atoms with Gasteiger partial charge in [-0.2, -0.15) is 0 Å². The van der Waals surface area contributed by atoms with E-state index in [9.17, 15) is 4.79 Å². The summed E-state index contributed by atoms with van der Waals surface area (Å²) >= 11 is 0. The predicted octanol–water partition coefficient (Wildman–Crippen LogP) is 3.53. The van der Waals surface area contributed by atoms with Crippen LogP contribution in [0.5, 0.6) is 5.75 Å². The Kier molecular flexibility index (Phi) is 6.22. The summed E-state index contributed by atoms with van der Waals surface area (Å²) in [5.74, 6) is 1.09. The highest BCUT2D eigenvalue weighted by atomic mass is 16.5. The first-order valence-corrected chi connectivity index (χ1v) is 9.12. The summed E-state index contributed by atoms with van der Waals surface area (Å²) in [6.45, 7) is 2.37. The van der Waals surface area contributed by atoms with Gasteiger partial charge in [0.15, 0.2) is 0 Å². The number of carbonyl (C=O) groups is 1. The van der Waals surface area contributed by atoms with Crippen LogP contribution in [0.25, 0.3) is 0 Å². The molecule has 6 nitrogen and oxygen atoms in total. The number of ether oxygens (including phenoxy) is 1. The Morgan fingerprint density at radius 2 is 1.86 bits per heavy atom. The molecule has 0 aliphatic carbocycles. The monoisotopic (exact) mass is 376 g/mol. The van der Waals surface area contributed by atoms with Crippen molar-refractivity contribution in [1.82, 2.24) is 15.3 Å². The number of anilines is 2. The van der Waals surface area contributed by atoms with E-state index in [0.717, 1.165) is 22.7 Å². The van der Waals surface area contributed by atoms with Gasteiger partial charge in [0.1, 0.15) is 11.4 Å². The van der Waals surface area contributed by atoms with Gasteiger partial charge in [0.05, 0.1) is 7.11 Å². The van der Waals surface area contributed by atoms with Crippen LogP contribution < -0.4 is 15.0 Å². The summed E-state index contributed by atoms with van der Waals surface area (Å²) in [6.07, 6.45) is 0.712. The van der Waals surface area contributed by atoms with Gasteiger partial charge >= 0.3 is 0 Å². The molecule has 0 aliphatic rings. The molecule has 2 aromatic carbocycles. The Bertz CT molecular complexity index is 944. The Morgan fingerprint density at radius 1 is 1.07 bits per heavy atom. The number of aryl methyl sites for hydroxylation is 1. The lowest BCUT2D eigenvalue weighted by molar-refractivity contribution is 0.0949. The van der Waals surface area contributed by atoms with Crippen molar-refractivity contribution in [2.24, 2.45) is 0 Å². The summed E-state index contributed by atoms with van der Waals surface area (Å²) in [6, 6.07) is 19.3. The maximum atomic E-state index is 12.6. The molecule has 0 radical (unpaired) electrons. The van der Waals surface area contributed by atoms with E-state index in [2.05, 4.69) is 15.3 Å². The van der Waals surface area contributed by atoms with Gasteiger partial charge in [0.25, 0.3) is 5.91 Å². The van der Waals surface area contributed by atoms with Gasteiger partial charge in [-0.05, 0) is 49.2 Å². The lowest BCUT2D eigenvalue weighted by Crippen LogP contribution is -2.27. The SMILES string of the molecule is COc1cccc(CCNC(=O)c2cc(C)nc(N(C)c3ccccc3)n2)c1. The summed E-state index contributed by atoms with van der Waals surface area (Å²) in [7, 11) is 3.52. The second kappa shape index (κ2) is 8.99. The first-order valence-electron chi connectivity index (χ1n) is 9.12. The molecular formula is C22H24N4O2. The molecule has 3 rings (SSSR count). The van der Waals surface area contributed by atoms with Gasteiger partial charge in [-0.15, -0.1) is 0 Å². The average Bonchev–Trinajstić information content (AvgIpc) is 2.73. The van der Waals surface area contributed by atoms with Crippen molar-refractivity contribution in [2.45, 2.75) is 13.3 Å². The third-order valence-corrected chi connectivity index (χ3v) is 4.35. The minimum atomic E-state index is -0.212. The highest BCUT2D eigenvalue weighted by Crippen LogP contribution is 2.20. The molecule has 1 amide bonds. The van der Waals surface area contributed by atoms with Crippen molar-refractivity contribution in [3.05, 3.63) is 77.6 Å². The molecule has 0 saturated heterocycles. The fraction of sp³-hybridized carbons (Fsp3) is 0.227. The number of benzene rings is 2. The standard InChI is InChI=1S/C22H24N4O2/c1-16-14-20(25-22(24-16)26(2)18-9-5-4-6-10-18)21(27)23-13-12-17-8-7-11-19(15-17)28-3/h4-11,14-15H,12-13H2,1-3H3,(H,23,27). The lowest BCUT2D eigenvalue weighted by Gasteiger charge is -2.18. The van der Waals surface area contributed by atoms with Crippen LogP contribution in [0.2, 0.25) is 0 Å². The molecule has 1 N–H and O–H groups in total. The van der Waals surface area contributed by atoms with Crippen LogP contribution in [0.1, 0.15) is 21.7 Å². The Morgan fingerprint density at radius 3 is 2.61 bits per heavy atom. The second-order valence-electron chi connectivity index (χ2n) is 6.45. The first-order chi connectivity index (χ1) is 13.6. The molecule has 0 spiro atoms. The van der Waals surface area contributed by atoms with Gasteiger partial charge < -0.3 is 15.0 Å². The second-order valence-corrected chi connectivity index (χ2v) is 6.45. The Labute approximate surface area is 165 Å². The number of amides is 1. The molecule has 3 aromatic rings. The van der Waals surface area contributed by atoms with Crippen molar-refractivity contribution in [3.63, 3.8) is 0 Å². The van der Waals surface area contributed by atoms with Gasteiger partial charge in [-0.3, -0.25) is 4.79 Å². The van der Waals surface area contributed by atoms with Crippen LogP contribution >= 0.6 is 0 Å². The van der Waals surface area contributed by atoms with Crippen LogP contribution in [0, 0.1) is 6.92 Å². The van der Waals surface area contributed by atoms with E-state index < -0.39 is 0 Å². The smallest absolute Gasteiger partial charge is 0.270 e. The first kappa shape index (κ1) is 19.4. The lowest BCUT2D eigenvalue weighted by atomic mass is 10.1. The van der Waals surface area contributed by atoms with E-state index in [0.29, 0.717) is 24.6 Å². The van der Waals surface area contributed by atoms with Crippen LogP contribution in [0.4, 0.5) is 11.6 Å². The third kappa shape index (κ3) is 4.85. The average molecular weight is 376 g/mol. The number of rotatable bonds is 7. The molecule has 28 heavy (non-hydrogen) atoms. The largest absolute Gasteiger partial charge is 0.497 e. The van der Waals surface area contributed by atoms with E-state index in [1.165, 1.54) is 0 Å². The number of methoxy groups -OCH3 is 1. The molecule has 0 saturated carbocycles. The van der Waals surface area contributed by atoms with Crippen LogP contribution in [-0.4, -0.2) is 36.6 Å². The minimum absolute atomic E-state index is 0.212. The van der Waals surface area contributed by atoms with Crippen LogP contribution in [0.15, 0.2) is 60.7 Å². The maximum Gasteiger partial charge on any atom is 0.270 e. The highest BCUT2D eigenvalue weighted by Gasteiger charge is 2.13. The number of hydrogen-bond donors (Lipinski definition) is 1. The van der Waals surface area contributed by atoms with E-state index in [1.807, 2.05) is 73.5 Å². The molecule has 0 bridgehead atoms. The van der Waals surface area contributed by atoms with E-state index in [-0.39, 0.29) is 5.91 Å². The van der Waals surface area contributed by atoms with Crippen molar-refractivity contribution in [2.75, 3.05) is 25.6 Å². The summed E-state index contributed by atoms with van der Waals surface area (Å²) in [4.78, 5) is 23.3. The number of para-hydroxylation sites is 1. The summed E-state index contributed by atoms with van der Waals surface area (Å²) in [5.41, 5.74) is 3.15. The Balaban J connectivity index is 1.67. The zero-order valence-electron chi connectivity index (χ0n) is 16.3. The molecule has 0 aliphatic heterocycles. The number of carbonyl (C=O) groups excluding carboxylic acids is 1. The molecule has 0 unspecified atom stereocenters. The maximum absolute atomic E-state index is 12.6. The molecule has 1 aromatic heterocycles. The third-order valence-electron chi connectivity index (χ3n) is 4.35. The zero-order valence-corrected chi connectivity index (χ0v) is 16.3. The number of nitrogens with one attached hydrogen (secondary N) is 1. The van der Waals surface area contributed by atoms with E-state index in [1.54, 1.807) is 13.2 Å². The van der Waals surface area contributed by atoms with Crippen LogP contribution in [0.3, 0.4) is 0 Å². The number of aromatic nitrogens is 2. The van der Waals surface area contributed by atoms with Crippen molar-refractivity contribution in [3.8, 4) is 5.75 Å². The highest BCUT2D eigenvalue weighted by molar-refractivity contribution is 5.92. The van der Waals surface area contributed by atoms with E-state index in [4.69, 9.17) is 4.74 Å². The van der Waals surface area contributed by atoms with Crippen molar-refractivity contribution < 1.29 is 9.53 Å². The van der Waals surface area contributed by atoms with Crippen LogP contribution in [-0.2, 0) is 6.42 Å². The minimum Gasteiger partial charge on any atom is -0.497 e. The molecule has 1 heterocycles. The molecular weight excluding hydrogens is 352 g/mol. The fourth-order valence-electron chi connectivity index (χ4n) is 2.83.